The number of nitrogens with two attached hydrogens (primary N) is 1. The molecule has 20 heavy (non-hydrogen) atoms. The van der Waals surface area contributed by atoms with Crippen LogP contribution in [0.4, 0.5) is 15.8 Å². The Labute approximate surface area is 120 Å². The number of nitrogens with one attached hydrogen (secondary N) is 1. The SMILES string of the molecule is CCn1nc(C)c(N)c1C(=O)Nc1cc(F)cc(Cl)c1. The maximum Gasteiger partial charge on any atom is 0.276 e. The number of nitrogens with zero attached hydrogens (tertiary/aromatic N) is 2. The fraction of sp³-hybridized carbons (Fsp3) is 0.231. The molecule has 1 heterocycles. The van der Waals surface area contributed by atoms with E-state index in [1.165, 1.54) is 16.8 Å². The topological polar surface area (TPSA) is 72.9 Å². The van der Waals surface area contributed by atoms with Crippen molar-refractivity contribution in [1.82, 2.24) is 9.78 Å². The lowest BCUT2D eigenvalue weighted by atomic mass is 10.2. The van der Waals surface area contributed by atoms with E-state index in [4.69, 9.17) is 17.3 Å². The van der Waals surface area contributed by atoms with E-state index in [-0.39, 0.29) is 16.4 Å². The van der Waals surface area contributed by atoms with Crippen LogP contribution in [-0.2, 0) is 6.54 Å². The largest absolute Gasteiger partial charge is 0.395 e. The second-order valence-corrected chi connectivity index (χ2v) is 4.71. The average molecular weight is 297 g/mol. The molecule has 0 saturated carbocycles. The molecule has 0 radical (unpaired) electrons. The highest BCUT2D eigenvalue weighted by Crippen LogP contribution is 2.21. The Morgan fingerprint density at radius 1 is 1.50 bits per heavy atom. The molecule has 0 atom stereocenters. The molecule has 0 aliphatic carbocycles. The molecule has 0 bridgehead atoms. The number of amides is 1. The number of aromatic nitrogens is 2. The first-order valence-electron chi connectivity index (χ1n) is 6.02. The number of benzene rings is 1. The van der Waals surface area contributed by atoms with Crippen molar-refractivity contribution in [2.24, 2.45) is 0 Å². The lowest BCUT2D eigenvalue weighted by Crippen LogP contribution is -2.18. The van der Waals surface area contributed by atoms with Crippen molar-refractivity contribution in [1.29, 1.82) is 0 Å². The minimum Gasteiger partial charge on any atom is -0.395 e. The molecule has 2 aromatic rings. The summed E-state index contributed by atoms with van der Waals surface area (Å²) < 4.78 is 14.7. The van der Waals surface area contributed by atoms with Crippen molar-refractivity contribution in [2.45, 2.75) is 20.4 Å². The van der Waals surface area contributed by atoms with E-state index < -0.39 is 11.7 Å². The van der Waals surface area contributed by atoms with Crippen LogP contribution in [0.2, 0.25) is 5.02 Å². The van der Waals surface area contributed by atoms with Gasteiger partial charge in [-0.2, -0.15) is 5.10 Å². The van der Waals surface area contributed by atoms with Gasteiger partial charge in [-0.1, -0.05) is 11.6 Å². The summed E-state index contributed by atoms with van der Waals surface area (Å²) in [4.78, 5) is 12.2. The average Bonchev–Trinajstić information content (AvgIpc) is 2.63. The summed E-state index contributed by atoms with van der Waals surface area (Å²) in [5, 5.41) is 6.92. The molecule has 1 aromatic carbocycles. The second-order valence-electron chi connectivity index (χ2n) is 4.28. The molecule has 1 amide bonds. The van der Waals surface area contributed by atoms with Crippen LogP contribution in [0.3, 0.4) is 0 Å². The predicted molar refractivity (Wildman–Crippen MR) is 76.4 cm³/mol. The molecule has 0 aliphatic heterocycles. The number of halogens is 2. The van der Waals surface area contributed by atoms with Gasteiger partial charge in [0.1, 0.15) is 11.5 Å². The summed E-state index contributed by atoms with van der Waals surface area (Å²) in [5.74, 6) is -0.979. The number of aryl methyl sites for hydroxylation is 2. The minimum absolute atomic E-state index is 0.202. The third-order valence-corrected chi connectivity index (χ3v) is 3.03. The molecule has 0 unspecified atom stereocenters. The summed E-state index contributed by atoms with van der Waals surface area (Å²) in [6.45, 7) is 4.07. The molecule has 2 rings (SSSR count). The number of carbonyl (C=O) groups is 1. The van der Waals surface area contributed by atoms with Gasteiger partial charge >= 0.3 is 0 Å². The third kappa shape index (κ3) is 2.75. The van der Waals surface area contributed by atoms with Gasteiger partial charge < -0.3 is 11.1 Å². The van der Waals surface area contributed by atoms with Crippen LogP contribution >= 0.6 is 11.6 Å². The van der Waals surface area contributed by atoms with Crippen LogP contribution in [0.5, 0.6) is 0 Å². The molecule has 3 N–H and O–H groups in total. The summed E-state index contributed by atoms with van der Waals surface area (Å²) in [7, 11) is 0. The van der Waals surface area contributed by atoms with E-state index in [9.17, 15) is 9.18 Å². The lowest BCUT2D eigenvalue weighted by Gasteiger charge is -2.08. The van der Waals surface area contributed by atoms with Crippen LogP contribution < -0.4 is 11.1 Å². The number of carbonyl (C=O) groups excluding carboxylic acids is 1. The fourth-order valence-corrected chi connectivity index (χ4v) is 2.10. The molecule has 0 fully saturated rings. The number of hydrogen-bond donors (Lipinski definition) is 2. The molecular formula is C13H14ClFN4O. The van der Waals surface area contributed by atoms with Crippen molar-refractivity contribution in [3.63, 3.8) is 0 Å². The first-order chi connectivity index (χ1) is 9.42. The van der Waals surface area contributed by atoms with Crippen LogP contribution in [0.15, 0.2) is 18.2 Å². The van der Waals surface area contributed by atoms with Gasteiger partial charge in [0.05, 0.1) is 11.4 Å². The Kier molecular flexibility index (Phi) is 3.94. The Bertz CT molecular complexity index is 648. The van der Waals surface area contributed by atoms with Crippen molar-refractivity contribution < 1.29 is 9.18 Å². The van der Waals surface area contributed by atoms with Gasteiger partial charge in [0, 0.05) is 17.3 Å². The van der Waals surface area contributed by atoms with Gasteiger partial charge in [-0.3, -0.25) is 9.48 Å². The van der Waals surface area contributed by atoms with E-state index in [0.717, 1.165) is 6.07 Å². The van der Waals surface area contributed by atoms with Gasteiger partial charge in [-0.25, -0.2) is 4.39 Å². The predicted octanol–water partition coefficient (Wildman–Crippen LogP) is 2.84. The van der Waals surface area contributed by atoms with Crippen LogP contribution in [0.1, 0.15) is 23.1 Å². The van der Waals surface area contributed by atoms with Gasteiger partial charge in [0.15, 0.2) is 0 Å². The molecule has 106 valence electrons. The summed E-state index contributed by atoms with van der Waals surface area (Å²) in [6, 6.07) is 3.80. The monoisotopic (exact) mass is 296 g/mol. The van der Waals surface area contributed by atoms with E-state index in [1.807, 2.05) is 6.92 Å². The van der Waals surface area contributed by atoms with Crippen molar-refractivity contribution >= 4 is 28.9 Å². The first-order valence-corrected chi connectivity index (χ1v) is 6.40. The Hall–Kier alpha value is -2.08. The lowest BCUT2D eigenvalue weighted by molar-refractivity contribution is 0.101. The van der Waals surface area contributed by atoms with Crippen molar-refractivity contribution in [3.05, 3.63) is 40.4 Å². The Morgan fingerprint density at radius 3 is 2.80 bits per heavy atom. The maximum absolute atomic E-state index is 13.2. The minimum atomic E-state index is -0.527. The number of hydrogen-bond acceptors (Lipinski definition) is 3. The Morgan fingerprint density at radius 2 is 2.20 bits per heavy atom. The second kappa shape index (κ2) is 5.50. The van der Waals surface area contributed by atoms with Crippen molar-refractivity contribution in [3.8, 4) is 0 Å². The smallest absolute Gasteiger partial charge is 0.276 e. The molecule has 0 aliphatic rings. The highest BCUT2D eigenvalue weighted by atomic mass is 35.5. The van der Waals surface area contributed by atoms with E-state index in [2.05, 4.69) is 10.4 Å². The number of nitrogen functional groups attached to an aromatic ring is 1. The van der Waals surface area contributed by atoms with E-state index in [0.29, 0.717) is 17.9 Å². The zero-order valence-corrected chi connectivity index (χ0v) is 11.8. The zero-order chi connectivity index (χ0) is 14.9. The van der Waals surface area contributed by atoms with Crippen molar-refractivity contribution in [2.75, 3.05) is 11.1 Å². The summed E-state index contributed by atoms with van der Waals surface area (Å²) >= 11 is 5.74. The summed E-state index contributed by atoms with van der Waals surface area (Å²) in [5.41, 5.74) is 7.26. The molecular weight excluding hydrogens is 283 g/mol. The normalized spacial score (nSPS) is 10.6. The van der Waals surface area contributed by atoms with Gasteiger partial charge in [0.25, 0.3) is 5.91 Å². The van der Waals surface area contributed by atoms with Gasteiger partial charge in [-0.05, 0) is 32.0 Å². The third-order valence-electron chi connectivity index (χ3n) is 2.81. The molecule has 5 nitrogen and oxygen atoms in total. The van der Waals surface area contributed by atoms with Crippen LogP contribution in [-0.4, -0.2) is 15.7 Å². The maximum atomic E-state index is 13.2. The van der Waals surface area contributed by atoms with E-state index in [1.54, 1.807) is 6.92 Å². The molecule has 0 saturated heterocycles. The summed E-state index contributed by atoms with van der Waals surface area (Å²) in [6.07, 6.45) is 0. The molecule has 1 aromatic heterocycles. The zero-order valence-electron chi connectivity index (χ0n) is 11.1. The van der Waals surface area contributed by atoms with Gasteiger partial charge in [0.2, 0.25) is 0 Å². The van der Waals surface area contributed by atoms with Crippen LogP contribution in [0.25, 0.3) is 0 Å². The number of rotatable bonds is 3. The highest BCUT2D eigenvalue weighted by molar-refractivity contribution is 6.31. The first kappa shape index (κ1) is 14.3. The van der Waals surface area contributed by atoms with E-state index >= 15 is 0 Å². The Balaban J connectivity index is 2.33. The fourth-order valence-electron chi connectivity index (χ4n) is 1.88. The van der Waals surface area contributed by atoms with Gasteiger partial charge in [-0.15, -0.1) is 0 Å². The molecule has 7 heteroatoms. The molecule has 0 spiro atoms. The quantitative estimate of drug-likeness (QED) is 0.914. The van der Waals surface area contributed by atoms with Crippen LogP contribution in [0, 0.1) is 12.7 Å². The highest BCUT2D eigenvalue weighted by Gasteiger charge is 2.19. The number of anilines is 2. The standard InChI is InChI=1S/C13H14ClFN4O/c1-3-19-12(11(16)7(2)18-19)13(20)17-10-5-8(14)4-9(15)6-10/h4-6H,3,16H2,1-2H3,(H,17,20).